The highest BCUT2D eigenvalue weighted by Gasteiger charge is 2.21. The predicted molar refractivity (Wildman–Crippen MR) is 108 cm³/mol. The lowest BCUT2D eigenvalue weighted by molar-refractivity contribution is 0.0728. The molecule has 29 heavy (non-hydrogen) atoms. The molecule has 3 rings (SSSR count). The molecule has 0 fully saturated rings. The number of nitrogens with zero attached hydrogens (tertiary/aromatic N) is 4. The first-order valence-electron chi connectivity index (χ1n) is 9.95. The maximum atomic E-state index is 13.7. The lowest BCUT2D eigenvalue weighted by atomic mass is 10.1. The molecule has 0 bridgehead atoms. The van der Waals surface area contributed by atoms with Gasteiger partial charge in [0.05, 0.1) is 6.54 Å². The molecule has 0 saturated carbocycles. The molecule has 0 spiro atoms. The van der Waals surface area contributed by atoms with Crippen LogP contribution in [0.2, 0.25) is 0 Å². The van der Waals surface area contributed by atoms with E-state index in [9.17, 15) is 13.6 Å². The summed E-state index contributed by atoms with van der Waals surface area (Å²) in [7, 11) is 0. The number of carbonyl (C=O) groups is 1. The molecule has 3 aromatic rings. The summed E-state index contributed by atoms with van der Waals surface area (Å²) in [6.45, 7) is 7.74. The van der Waals surface area contributed by atoms with E-state index < -0.39 is 11.6 Å². The van der Waals surface area contributed by atoms with E-state index in [1.807, 2.05) is 16.7 Å². The van der Waals surface area contributed by atoms with Gasteiger partial charge in [-0.05, 0) is 49.1 Å². The second kappa shape index (κ2) is 9.11. The van der Waals surface area contributed by atoms with Crippen LogP contribution in [-0.4, -0.2) is 31.9 Å². The average molecular weight is 400 g/mol. The molecule has 0 radical (unpaired) electrons. The lowest BCUT2D eigenvalue weighted by Crippen LogP contribution is -2.33. The quantitative estimate of drug-likeness (QED) is 0.545. The van der Waals surface area contributed by atoms with Gasteiger partial charge in [-0.2, -0.15) is 0 Å². The molecule has 0 saturated heterocycles. The van der Waals surface area contributed by atoms with Crippen molar-refractivity contribution in [1.82, 2.24) is 19.4 Å². The second-order valence-corrected chi connectivity index (χ2v) is 7.56. The highest BCUT2D eigenvalue weighted by atomic mass is 19.2. The molecule has 1 amide bonds. The van der Waals surface area contributed by atoms with Gasteiger partial charge in [-0.15, -0.1) is 0 Å². The zero-order valence-electron chi connectivity index (χ0n) is 17.0. The third-order valence-corrected chi connectivity index (χ3v) is 4.79. The Kier molecular flexibility index (Phi) is 6.56. The van der Waals surface area contributed by atoms with E-state index in [4.69, 9.17) is 0 Å². The molecule has 2 heterocycles. The Morgan fingerprint density at radius 3 is 2.69 bits per heavy atom. The number of pyridine rings is 1. The number of carbonyl (C=O) groups excluding carboxylic acids is 1. The number of halogens is 2. The van der Waals surface area contributed by atoms with E-state index in [2.05, 4.69) is 30.7 Å². The van der Waals surface area contributed by atoms with Gasteiger partial charge in [0.1, 0.15) is 11.3 Å². The van der Waals surface area contributed by atoms with E-state index in [1.165, 1.54) is 6.07 Å². The minimum atomic E-state index is -1.03. The number of rotatable bonds is 8. The van der Waals surface area contributed by atoms with Gasteiger partial charge in [-0.1, -0.05) is 20.8 Å². The molecule has 0 aliphatic heterocycles. The van der Waals surface area contributed by atoms with Gasteiger partial charge in [0.25, 0.3) is 5.91 Å². The summed E-state index contributed by atoms with van der Waals surface area (Å²) in [4.78, 5) is 23.9. The Balaban J connectivity index is 1.95. The van der Waals surface area contributed by atoms with Crippen LogP contribution in [0.1, 0.15) is 49.8 Å². The van der Waals surface area contributed by atoms with Crippen LogP contribution < -0.4 is 0 Å². The number of aryl methyl sites for hydroxylation is 1. The summed E-state index contributed by atoms with van der Waals surface area (Å²) in [6, 6.07) is 6.99. The van der Waals surface area contributed by atoms with Crippen molar-refractivity contribution < 1.29 is 13.6 Å². The molecule has 2 aromatic heterocycles. The maximum Gasteiger partial charge on any atom is 0.254 e. The zero-order valence-corrected chi connectivity index (χ0v) is 17.0. The summed E-state index contributed by atoms with van der Waals surface area (Å²) in [5, 5.41) is 0. The Labute approximate surface area is 169 Å². The first-order chi connectivity index (χ1) is 13.9. The fourth-order valence-corrected chi connectivity index (χ4v) is 3.23. The van der Waals surface area contributed by atoms with E-state index in [0.717, 1.165) is 48.5 Å². The standard InChI is InChI=1S/C22H26F2N4O/c1-4-11-28-20(26-19-6-5-10-25-21(19)28)14-27(12-9-15(2)3)22(29)16-7-8-17(23)18(24)13-16/h5-8,10,13,15H,4,9,11-12,14H2,1-3H3. The molecule has 7 heteroatoms. The molecule has 0 unspecified atom stereocenters. The van der Waals surface area contributed by atoms with Gasteiger partial charge in [0.15, 0.2) is 17.3 Å². The van der Waals surface area contributed by atoms with Crippen LogP contribution in [0.3, 0.4) is 0 Å². The van der Waals surface area contributed by atoms with Crippen molar-refractivity contribution in [2.24, 2.45) is 5.92 Å². The van der Waals surface area contributed by atoms with Crippen molar-refractivity contribution >= 4 is 17.1 Å². The van der Waals surface area contributed by atoms with Crippen molar-refractivity contribution in [3.05, 3.63) is 59.6 Å². The predicted octanol–water partition coefficient (Wildman–Crippen LogP) is 4.81. The van der Waals surface area contributed by atoms with Crippen molar-refractivity contribution in [3.8, 4) is 0 Å². The number of hydrogen-bond donors (Lipinski definition) is 0. The van der Waals surface area contributed by atoms with E-state index >= 15 is 0 Å². The Hall–Kier alpha value is -2.83. The third-order valence-electron chi connectivity index (χ3n) is 4.79. The van der Waals surface area contributed by atoms with Gasteiger partial charge >= 0.3 is 0 Å². The normalized spacial score (nSPS) is 11.4. The summed E-state index contributed by atoms with van der Waals surface area (Å²) >= 11 is 0. The summed E-state index contributed by atoms with van der Waals surface area (Å²) in [5.74, 6) is -1.20. The highest BCUT2D eigenvalue weighted by Crippen LogP contribution is 2.19. The molecule has 5 nitrogen and oxygen atoms in total. The van der Waals surface area contributed by atoms with E-state index in [0.29, 0.717) is 12.5 Å². The number of fused-ring (bicyclic) bond motifs is 1. The molecule has 0 aliphatic rings. The first kappa shape index (κ1) is 20.9. The van der Waals surface area contributed by atoms with Crippen molar-refractivity contribution in [3.63, 3.8) is 0 Å². The summed E-state index contributed by atoms with van der Waals surface area (Å²) in [6.07, 6.45) is 3.42. The monoisotopic (exact) mass is 400 g/mol. The number of benzene rings is 1. The lowest BCUT2D eigenvalue weighted by Gasteiger charge is -2.24. The minimum Gasteiger partial charge on any atom is -0.331 e. The molecule has 0 aliphatic carbocycles. The van der Waals surface area contributed by atoms with Crippen molar-refractivity contribution in [2.45, 2.75) is 46.7 Å². The van der Waals surface area contributed by atoms with Crippen LogP contribution in [0, 0.1) is 17.6 Å². The topological polar surface area (TPSA) is 51.0 Å². The molecule has 154 valence electrons. The van der Waals surface area contributed by atoms with Gasteiger partial charge in [0.2, 0.25) is 0 Å². The van der Waals surface area contributed by atoms with Crippen LogP contribution in [0.5, 0.6) is 0 Å². The fourth-order valence-electron chi connectivity index (χ4n) is 3.23. The van der Waals surface area contributed by atoms with Crippen LogP contribution in [0.15, 0.2) is 36.5 Å². The van der Waals surface area contributed by atoms with Gasteiger partial charge in [-0.25, -0.2) is 18.7 Å². The largest absolute Gasteiger partial charge is 0.331 e. The number of amides is 1. The summed E-state index contributed by atoms with van der Waals surface area (Å²) < 4.78 is 29.0. The highest BCUT2D eigenvalue weighted by molar-refractivity contribution is 5.94. The smallest absolute Gasteiger partial charge is 0.254 e. The SMILES string of the molecule is CCCn1c(CN(CCC(C)C)C(=O)c2ccc(F)c(F)c2)nc2cccnc21. The Morgan fingerprint density at radius 1 is 1.21 bits per heavy atom. The van der Waals surface area contributed by atoms with Gasteiger partial charge < -0.3 is 9.47 Å². The minimum absolute atomic E-state index is 0.129. The van der Waals surface area contributed by atoms with Crippen LogP contribution in [0.4, 0.5) is 8.78 Å². The van der Waals surface area contributed by atoms with Gasteiger partial charge in [0, 0.05) is 24.8 Å². The summed E-state index contributed by atoms with van der Waals surface area (Å²) in [5.41, 5.74) is 1.69. The van der Waals surface area contributed by atoms with Crippen LogP contribution in [0.25, 0.3) is 11.2 Å². The van der Waals surface area contributed by atoms with Crippen LogP contribution in [-0.2, 0) is 13.1 Å². The van der Waals surface area contributed by atoms with Crippen LogP contribution >= 0.6 is 0 Å². The fraction of sp³-hybridized carbons (Fsp3) is 0.409. The average Bonchev–Trinajstić information content (AvgIpc) is 3.04. The Bertz CT molecular complexity index is 1000. The molecular weight excluding hydrogens is 374 g/mol. The zero-order chi connectivity index (χ0) is 21.0. The molecule has 0 atom stereocenters. The van der Waals surface area contributed by atoms with E-state index in [1.54, 1.807) is 11.1 Å². The van der Waals surface area contributed by atoms with Crippen molar-refractivity contribution in [1.29, 1.82) is 0 Å². The maximum absolute atomic E-state index is 13.7. The van der Waals surface area contributed by atoms with E-state index in [-0.39, 0.29) is 18.0 Å². The molecular formula is C22H26F2N4O. The molecule has 0 N–H and O–H groups in total. The second-order valence-electron chi connectivity index (χ2n) is 7.56. The third kappa shape index (κ3) is 4.78. The number of imidazole rings is 1. The van der Waals surface area contributed by atoms with Crippen molar-refractivity contribution in [2.75, 3.05) is 6.54 Å². The number of aromatic nitrogens is 3. The molecule has 1 aromatic carbocycles. The Morgan fingerprint density at radius 2 is 2.00 bits per heavy atom. The van der Waals surface area contributed by atoms with Gasteiger partial charge in [-0.3, -0.25) is 4.79 Å². The number of hydrogen-bond acceptors (Lipinski definition) is 3. The first-order valence-corrected chi connectivity index (χ1v) is 9.95.